The molecule has 30 heavy (non-hydrogen) atoms. The molecule has 1 heterocycles. The predicted octanol–water partition coefficient (Wildman–Crippen LogP) is 3.64. The van der Waals surface area contributed by atoms with E-state index in [1.165, 1.54) is 0 Å². The van der Waals surface area contributed by atoms with E-state index in [2.05, 4.69) is 40.1 Å². The van der Waals surface area contributed by atoms with Crippen molar-refractivity contribution in [2.24, 2.45) is 0 Å². The lowest BCUT2D eigenvalue weighted by atomic mass is 9.86. The Morgan fingerprint density at radius 3 is 2.47 bits per heavy atom. The molecule has 7 heteroatoms. The van der Waals surface area contributed by atoms with Crippen LogP contribution in [-0.4, -0.2) is 60.2 Å². The zero-order valence-electron chi connectivity index (χ0n) is 17.9. The average molecular weight is 428 g/mol. The molecule has 1 aliphatic rings. The van der Waals surface area contributed by atoms with E-state index in [-0.39, 0.29) is 18.2 Å². The van der Waals surface area contributed by atoms with Crippen LogP contribution in [0.4, 0.5) is 5.69 Å². The number of ketones is 1. The van der Waals surface area contributed by atoms with E-state index in [1.807, 2.05) is 37.4 Å². The van der Waals surface area contributed by atoms with Crippen LogP contribution in [0.1, 0.15) is 29.8 Å². The second-order valence-electron chi connectivity index (χ2n) is 7.39. The summed E-state index contributed by atoms with van der Waals surface area (Å²) >= 11 is 0. The fraction of sp³-hybridized carbons (Fsp3) is 0.391. The van der Waals surface area contributed by atoms with Gasteiger partial charge in [0.25, 0.3) is 0 Å². The standard InChI is InChI=1S/C23H29N5O.ClH/c1-4-27(5-2)14-15-28-19-11-10-18(25-13-12-24-3)20-21(19)22(26-28)16-8-6-7-9-17(16)23(20)29;/h6-11,24-25H,4-5,12-15H2,1-3H3;1H. The fourth-order valence-electron chi connectivity index (χ4n) is 4.13. The van der Waals surface area contributed by atoms with Crippen LogP contribution >= 0.6 is 12.4 Å². The van der Waals surface area contributed by atoms with Crippen molar-refractivity contribution in [1.29, 1.82) is 0 Å². The molecule has 0 radical (unpaired) electrons. The second kappa shape index (κ2) is 9.60. The number of halogens is 1. The number of carbonyl (C=O) groups is 1. The van der Waals surface area contributed by atoms with Crippen LogP contribution in [0.5, 0.6) is 0 Å². The van der Waals surface area contributed by atoms with Crippen molar-refractivity contribution >= 4 is 34.8 Å². The molecule has 4 rings (SSSR count). The number of benzene rings is 2. The summed E-state index contributed by atoms with van der Waals surface area (Å²) < 4.78 is 2.07. The molecule has 3 aromatic rings. The lowest BCUT2D eigenvalue weighted by Crippen LogP contribution is -2.27. The van der Waals surface area contributed by atoms with E-state index >= 15 is 0 Å². The van der Waals surface area contributed by atoms with E-state index in [1.54, 1.807) is 0 Å². The van der Waals surface area contributed by atoms with Crippen LogP contribution in [-0.2, 0) is 6.54 Å². The zero-order chi connectivity index (χ0) is 20.4. The molecule has 6 nitrogen and oxygen atoms in total. The Kier molecular flexibility index (Phi) is 7.13. The lowest BCUT2D eigenvalue weighted by Gasteiger charge is -2.19. The number of rotatable bonds is 9. The number of likely N-dealkylation sites (N-methyl/N-ethyl adjacent to an activating group) is 2. The summed E-state index contributed by atoms with van der Waals surface area (Å²) in [4.78, 5) is 15.8. The molecule has 160 valence electrons. The Labute approximate surface area is 184 Å². The van der Waals surface area contributed by atoms with Crippen LogP contribution in [0.25, 0.3) is 22.2 Å². The van der Waals surface area contributed by atoms with Crippen LogP contribution < -0.4 is 10.6 Å². The summed E-state index contributed by atoms with van der Waals surface area (Å²) in [6.07, 6.45) is 0. The Bertz CT molecular complexity index is 1040. The van der Waals surface area contributed by atoms with Crippen molar-refractivity contribution in [3.63, 3.8) is 0 Å². The highest BCUT2D eigenvalue weighted by molar-refractivity contribution is 6.27. The van der Waals surface area contributed by atoms with Gasteiger partial charge in [-0.3, -0.25) is 9.48 Å². The van der Waals surface area contributed by atoms with Gasteiger partial charge in [0, 0.05) is 41.8 Å². The summed E-state index contributed by atoms with van der Waals surface area (Å²) in [5.74, 6) is 0.0777. The minimum atomic E-state index is 0. The molecule has 0 spiro atoms. The summed E-state index contributed by atoms with van der Waals surface area (Å²) in [7, 11) is 1.92. The minimum Gasteiger partial charge on any atom is -0.383 e. The van der Waals surface area contributed by atoms with Gasteiger partial charge in [0.1, 0.15) is 5.69 Å². The van der Waals surface area contributed by atoms with Crippen LogP contribution in [0.15, 0.2) is 36.4 Å². The molecule has 0 amide bonds. The highest BCUT2D eigenvalue weighted by Gasteiger charge is 2.30. The highest BCUT2D eigenvalue weighted by Crippen LogP contribution is 2.41. The molecule has 0 unspecified atom stereocenters. The number of carbonyl (C=O) groups excluding carboxylic acids is 1. The topological polar surface area (TPSA) is 62.2 Å². The van der Waals surface area contributed by atoms with Gasteiger partial charge in [-0.25, -0.2) is 0 Å². The monoisotopic (exact) mass is 427 g/mol. The first-order valence-corrected chi connectivity index (χ1v) is 10.5. The van der Waals surface area contributed by atoms with Gasteiger partial charge in [-0.2, -0.15) is 5.10 Å². The largest absolute Gasteiger partial charge is 0.383 e. The first-order valence-electron chi connectivity index (χ1n) is 10.5. The molecule has 0 bridgehead atoms. The molecule has 2 aromatic carbocycles. The smallest absolute Gasteiger partial charge is 0.196 e. The molecule has 0 aliphatic heterocycles. The first kappa shape index (κ1) is 22.3. The minimum absolute atomic E-state index is 0. The molecule has 1 aromatic heterocycles. The van der Waals surface area contributed by atoms with Gasteiger partial charge < -0.3 is 15.5 Å². The van der Waals surface area contributed by atoms with Crippen molar-refractivity contribution in [3.05, 3.63) is 47.5 Å². The van der Waals surface area contributed by atoms with Crippen LogP contribution in [0.3, 0.4) is 0 Å². The van der Waals surface area contributed by atoms with Crippen molar-refractivity contribution in [1.82, 2.24) is 20.0 Å². The Morgan fingerprint density at radius 2 is 1.77 bits per heavy atom. The Balaban J connectivity index is 0.00000256. The number of nitrogens with one attached hydrogen (secondary N) is 2. The van der Waals surface area contributed by atoms with E-state index in [4.69, 9.17) is 5.10 Å². The zero-order valence-corrected chi connectivity index (χ0v) is 18.7. The van der Waals surface area contributed by atoms with Gasteiger partial charge in [0.05, 0.1) is 17.6 Å². The summed E-state index contributed by atoms with van der Waals surface area (Å²) in [6, 6.07) is 11.9. The maximum atomic E-state index is 13.4. The normalized spacial score (nSPS) is 12.2. The number of anilines is 1. The van der Waals surface area contributed by atoms with Gasteiger partial charge in [0.15, 0.2) is 5.78 Å². The van der Waals surface area contributed by atoms with E-state index in [9.17, 15) is 4.79 Å². The fourth-order valence-corrected chi connectivity index (χ4v) is 4.13. The summed E-state index contributed by atoms with van der Waals surface area (Å²) in [6.45, 7) is 9.74. The molecule has 0 atom stereocenters. The van der Waals surface area contributed by atoms with E-state index in [0.29, 0.717) is 0 Å². The first-order chi connectivity index (χ1) is 14.2. The van der Waals surface area contributed by atoms with Crippen molar-refractivity contribution in [2.45, 2.75) is 20.4 Å². The van der Waals surface area contributed by atoms with Gasteiger partial charge in [0.2, 0.25) is 0 Å². The second-order valence-corrected chi connectivity index (χ2v) is 7.39. The third kappa shape index (κ3) is 3.83. The predicted molar refractivity (Wildman–Crippen MR) is 126 cm³/mol. The third-order valence-corrected chi connectivity index (χ3v) is 5.79. The third-order valence-electron chi connectivity index (χ3n) is 5.79. The van der Waals surface area contributed by atoms with Gasteiger partial charge in [-0.05, 0) is 32.3 Å². The lowest BCUT2D eigenvalue weighted by molar-refractivity contribution is 0.104. The number of nitrogens with zero attached hydrogens (tertiary/aromatic N) is 3. The molecule has 1 aliphatic carbocycles. The summed E-state index contributed by atoms with van der Waals surface area (Å²) in [5.41, 5.74) is 5.26. The van der Waals surface area contributed by atoms with E-state index in [0.717, 1.165) is 78.2 Å². The number of aromatic nitrogens is 2. The number of fused-ring (bicyclic) bond motifs is 2. The molecule has 0 saturated carbocycles. The Morgan fingerprint density at radius 1 is 1.03 bits per heavy atom. The van der Waals surface area contributed by atoms with Crippen LogP contribution in [0.2, 0.25) is 0 Å². The SMILES string of the molecule is CCN(CC)CCn1nc2c3c(c(NCCNC)ccc31)C(=O)c1ccccc1-2.Cl. The van der Waals surface area contributed by atoms with Gasteiger partial charge in [-0.15, -0.1) is 12.4 Å². The molecular weight excluding hydrogens is 398 g/mol. The quantitative estimate of drug-likeness (QED) is 0.399. The van der Waals surface area contributed by atoms with E-state index < -0.39 is 0 Å². The number of hydrogen-bond donors (Lipinski definition) is 2. The Hall–Kier alpha value is -2.41. The van der Waals surface area contributed by atoms with Crippen molar-refractivity contribution < 1.29 is 4.79 Å². The molecular formula is C23H30ClN5O. The van der Waals surface area contributed by atoms with Crippen molar-refractivity contribution in [3.8, 4) is 11.3 Å². The highest BCUT2D eigenvalue weighted by atomic mass is 35.5. The maximum absolute atomic E-state index is 13.4. The maximum Gasteiger partial charge on any atom is 0.196 e. The van der Waals surface area contributed by atoms with Crippen LogP contribution in [0, 0.1) is 0 Å². The summed E-state index contributed by atoms with van der Waals surface area (Å²) in [5, 5.41) is 12.5. The van der Waals surface area contributed by atoms with Crippen molar-refractivity contribution in [2.75, 3.05) is 45.1 Å². The molecule has 2 N–H and O–H groups in total. The van der Waals surface area contributed by atoms with Gasteiger partial charge in [-0.1, -0.05) is 38.1 Å². The molecule has 0 saturated heterocycles. The molecule has 0 fully saturated rings. The average Bonchev–Trinajstić information content (AvgIpc) is 3.12. The van der Waals surface area contributed by atoms with Gasteiger partial charge >= 0.3 is 0 Å². The number of hydrogen-bond acceptors (Lipinski definition) is 5.